The minimum atomic E-state index is -3.82. The van der Waals surface area contributed by atoms with E-state index in [1.54, 1.807) is 30.3 Å². The summed E-state index contributed by atoms with van der Waals surface area (Å²) in [4.78, 5) is 12.1. The quantitative estimate of drug-likeness (QED) is 0.746. The average molecular weight is 352 g/mol. The Labute approximate surface area is 138 Å². The first-order valence-electron chi connectivity index (χ1n) is 7.22. The second kappa shape index (κ2) is 6.49. The summed E-state index contributed by atoms with van der Waals surface area (Å²) in [5, 5.41) is 12.5. The monoisotopic (exact) mass is 352 g/mol. The lowest BCUT2D eigenvalue weighted by Gasteiger charge is -2.15. The smallest absolute Gasteiger partial charge is 0.407 e. The van der Waals surface area contributed by atoms with Crippen LogP contribution in [0, 0.1) is 0 Å². The fourth-order valence-electron chi connectivity index (χ4n) is 2.53. The molecular formula is C14H16N4O5S. The normalized spacial score (nSPS) is 17.8. The highest BCUT2D eigenvalue weighted by Crippen LogP contribution is 2.22. The molecule has 0 aliphatic carbocycles. The number of rotatable bonds is 5. The van der Waals surface area contributed by atoms with Crippen molar-refractivity contribution in [3.8, 4) is 11.3 Å². The Morgan fingerprint density at radius 1 is 1.38 bits per heavy atom. The van der Waals surface area contributed by atoms with Crippen molar-refractivity contribution in [1.82, 2.24) is 14.8 Å². The first-order chi connectivity index (χ1) is 11.4. The summed E-state index contributed by atoms with van der Waals surface area (Å²) in [5.41, 5.74) is 1.05. The zero-order valence-electron chi connectivity index (χ0n) is 12.5. The Bertz CT molecular complexity index is 821. The van der Waals surface area contributed by atoms with Crippen molar-refractivity contribution in [2.45, 2.75) is 12.5 Å². The van der Waals surface area contributed by atoms with Crippen molar-refractivity contribution in [2.24, 2.45) is 0 Å². The fourth-order valence-corrected chi connectivity index (χ4v) is 3.66. The van der Waals surface area contributed by atoms with E-state index < -0.39 is 22.3 Å². The average Bonchev–Trinajstić information content (AvgIpc) is 3.17. The van der Waals surface area contributed by atoms with Gasteiger partial charge in [0.1, 0.15) is 0 Å². The number of nitrogens with one attached hydrogen (secondary N) is 2. The van der Waals surface area contributed by atoms with Gasteiger partial charge >= 0.3 is 6.09 Å². The molecule has 1 atom stereocenters. The number of hydrogen-bond donors (Lipinski definition) is 3. The van der Waals surface area contributed by atoms with Crippen LogP contribution in [0.3, 0.4) is 0 Å². The summed E-state index contributed by atoms with van der Waals surface area (Å²) in [6, 6.07) is 7.92. The molecule has 2 heterocycles. The summed E-state index contributed by atoms with van der Waals surface area (Å²) >= 11 is 0. The molecule has 1 saturated heterocycles. The Kier molecular flexibility index (Phi) is 4.40. The number of amides is 1. The minimum absolute atomic E-state index is 0.133. The van der Waals surface area contributed by atoms with Gasteiger partial charge in [0, 0.05) is 30.8 Å². The standard InChI is InChI=1S/C14H16N4O5S/c19-14(20)18-7-5-12(9-18)17-24(21,22)16-11-3-1-2-10(8-11)13-4-6-15-23-13/h1-4,6,8,12,16-17H,5,7,9H2,(H,19,20). The minimum Gasteiger partial charge on any atom is -0.465 e. The van der Waals surface area contributed by atoms with Crippen LogP contribution in [-0.2, 0) is 10.2 Å². The highest BCUT2D eigenvalue weighted by Gasteiger charge is 2.29. The summed E-state index contributed by atoms with van der Waals surface area (Å²) < 4.78 is 34.3. The van der Waals surface area contributed by atoms with Crippen LogP contribution in [0.25, 0.3) is 11.3 Å². The van der Waals surface area contributed by atoms with Gasteiger partial charge in [0.2, 0.25) is 0 Å². The predicted octanol–water partition coefficient (Wildman–Crippen LogP) is 1.34. The Morgan fingerprint density at radius 2 is 2.21 bits per heavy atom. The van der Waals surface area contributed by atoms with Gasteiger partial charge in [-0.1, -0.05) is 17.3 Å². The lowest BCUT2D eigenvalue weighted by atomic mass is 10.1. The number of nitrogens with zero attached hydrogens (tertiary/aromatic N) is 2. The molecule has 1 aliphatic heterocycles. The van der Waals surface area contributed by atoms with Crippen molar-refractivity contribution < 1.29 is 22.8 Å². The molecule has 24 heavy (non-hydrogen) atoms. The van der Waals surface area contributed by atoms with Crippen molar-refractivity contribution in [2.75, 3.05) is 17.8 Å². The van der Waals surface area contributed by atoms with Crippen LogP contribution in [0.4, 0.5) is 10.5 Å². The maximum atomic E-state index is 12.2. The van der Waals surface area contributed by atoms with Crippen LogP contribution in [0.15, 0.2) is 41.1 Å². The number of benzene rings is 1. The molecule has 1 aromatic carbocycles. The van der Waals surface area contributed by atoms with E-state index in [1.165, 1.54) is 11.1 Å². The lowest BCUT2D eigenvalue weighted by molar-refractivity contribution is 0.155. The summed E-state index contributed by atoms with van der Waals surface area (Å²) in [6.45, 7) is 0.442. The Morgan fingerprint density at radius 3 is 2.88 bits per heavy atom. The third-order valence-corrected chi connectivity index (χ3v) is 4.77. The molecule has 0 bridgehead atoms. The molecule has 1 amide bonds. The molecular weight excluding hydrogens is 336 g/mol. The van der Waals surface area contributed by atoms with E-state index in [1.807, 2.05) is 0 Å². The van der Waals surface area contributed by atoms with Gasteiger partial charge in [0.15, 0.2) is 5.76 Å². The van der Waals surface area contributed by atoms with Gasteiger partial charge in [0.25, 0.3) is 10.2 Å². The SMILES string of the molecule is O=C(O)N1CCC(NS(=O)(=O)Nc2cccc(-c3ccno3)c2)C1. The molecule has 2 aromatic rings. The van der Waals surface area contributed by atoms with Gasteiger partial charge in [-0.05, 0) is 18.6 Å². The Hall–Kier alpha value is -2.59. The Balaban J connectivity index is 1.67. The van der Waals surface area contributed by atoms with Gasteiger partial charge in [-0.15, -0.1) is 0 Å². The molecule has 10 heteroatoms. The van der Waals surface area contributed by atoms with Crippen LogP contribution in [0.5, 0.6) is 0 Å². The number of likely N-dealkylation sites (tertiary alicyclic amines) is 1. The van der Waals surface area contributed by atoms with E-state index in [0.29, 0.717) is 30.0 Å². The summed E-state index contributed by atoms with van der Waals surface area (Å²) in [5.74, 6) is 0.525. The van der Waals surface area contributed by atoms with Crippen molar-refractivity contribution in [3.05, 3.63) is 36.5 Å². The molecule has 0 radical (unpaired) electrons. The van der Waals surface area contributed by atoms with Gasteiger partial charge in [0.05, 0.1) is 11.9 Å². The summed E-state index contributed by atoms with van der Waals surface area (Å²) in [6.07, 6.45) is 0.886. The van der Waals surface area contributed by atoms with Gasteiger partial charge in [-0.2, -0.15) is 13.1 Å². The molecule has 9 nitrogen and oxygen atoms in total. The molecule has 1 aliphatic rings. The third kappa shape index (κ3) is 3.84. The number of hydrogen-bond acceptors (Lipinski definition) is 5. The maximum absolute atomic E-state index is 12.2. The predicted molar refractivity (Wildman–Crippen MR) is 85.6 cm³/mol. The maximum Gasteiger partial charge on any atom is 0.407 e. The first kappa shape index (κ1) is 16.3. The third-order valence-electron chi connectivity index (χ3n) is 3.62. The fraction of sp³-hybridized carbons (Fsp3) is 0.286. The second-order valence-electron chi connectivity index (χ2n) is 5.40. The van der Waals surface area contributed by atoms with Crippen LogP contribution in [0.1, 0.15) is 6.42 Å². The van der Waals surface area contributed by atoms with E-state index in [-0.39, 0.29) is 6.54 Å². The lowest BCUT2D eigenvalue weighted by Crippen LogP contribution is -2.40. The van der Waals surface area contributed by atoms with E-state index in [2.05, 4.69) is 14.6 Å². The van der Waals surface area contributed by atoms with E-state index >= 15 is 0 Å². The molecule has 3 N–H and O–H groups in total. The van der Waals surface area contributed by atoms with E-state index in [4.69, 9.17) is 9.63 Å². The van der Waals surface area contributed by atoms with Gasteiger partial charge < -0.3 is 14.5 Å². The van der Waals surface area contributed by atoms with Crippen LogP contribution >= 0.6 is 0 Å². The van der Waals surface area contributed by atoms with Gasteiger partial charge in [-0.3, -0.25) is 4.72 Å². The van der Waals surface area contributed by atoms with Crippen molar-refractivity contribution >= 4 is 22.0 Å². The molecule has 1 fully saturated rings. The largest absolute Gasteiger partial charge is 0.465 e. The zero-order chi connectivity index (χ0) is 17.2. The van der Waals surface area contributed by atoms with Crippen molar-refractivity contribution in [1.29, 1.82) is 0 Å². The number of carbonyl (C=O) groups is 1. The van der Waals surface area contributed by atoms with Crippen molar-refractivity contribution in [3.63, 3.8) is 0 Å². The summed E-state index contributed by atoms with van der Waals surface area (Å²) in [7, 11) is -3.82. The topological polar surface area (TPSA) is 125 Å². The first-order valence-corrected chi connectivity index (χ1v) is 8.70. The highest BCUT2D eigenvalue weighted by molar-refractivity contribution is 7.90. The molecule has 128 valence electrons. The molecule has 3 rings (SSSR count). The molecule has 0 spiro atoms. The van der Waals surface area contributed by atoms with Crippen LogP contribution in [0.2, 0.25) is 0 Å². The van der Waals surface area contributed by atoms with Gasteiger partial charge in [-0.25, -0.2) is 4.79 Å². The van der Waals surface area contributed by atoms with E-state index in [9.17, 15) is 13.2 Å². The second-order valence-corrected chi connectivity index (χ2v) is 6.84. The van der Waals surface area contributed by atoms with Crippen LogP contribution in [-0.4, -0.2) is 48.8 Å². The molecule has 0 saturated carbocycles. The zero-order valence-corrected chi connectivity index (χ0v) is 13.4. The molecule has 1 unspecified atom stereocenters. The van der Waals surface area contributed by atoms with E-state index in [0.717, 1.165) is 0 Å². The number of aromatic nitrogens is 1. The number of carboxylic acid groups (broad SMARTS) is 1. The molecule has 1 aromatic heterocycles. The van der Waals surface area contributed by atoms with Crippen LogP contribution < -0.4 is 9.44 Å². The number of anilines is 1. The highest BCUT2D eigenvalue weighted by atomic mass is 32.2.